The van der Waals surface area contributed by atoms with Gasteiger partial charge in [-0.1, -0.05) is 17.7 Å². The summed E-state index contributed by atoms with van der Waals surface area (Å²) in [7, 11) is 5.22. The van der Waals surface area contributed by atoms with Gasteiger partial charge in [-0.2, -0.15) is 5.10 Å². The number of hydrogen-bond acceptors (Lipinski definition) is 5. The summed E-state index contributed by atoms with van der Waals surface area (Å²) in [5.74, 6) is 0.714. The molecule has 2 aromatic carbocycles. The van der Waals surface area contributed by atoms with Crippen LogP contribution in [0.1, 0.15) is 5.56 Å². The molecular weight excluding hydrogens is 342 g/mol. The second-order valence-electron chi connectivity index (χ2n) is 5.35. The molecule has 1 N–H and O–H groups in total. The minimum Gasteiger partial charge on any atom is -0.493 e. The number of ether oxygens (including phenoxy) is 2. The molecule has 0 spiro atoms. The van der Waals surface area contributed by atoms with Crippen LogP contribution in [0.15, 0.2) is 47.6 Å². The monoisotopic (exact) mass is 361 g/mol. The Morgan fingerprint density at radius 2 is 2.04 bits per heavy atom. The Morgan fingerprint density at radius 3 is 2.72 bits per heavy atom. The zero-order chi connectivity index (χ0) is 18.2. The largest absolute Gasteiger partial charge is 0.493 e. The minimum absolute atomic E-state index is 0.145. The van der Waals surface area contributed by atoms with E-state index < -0.39 is 0 Å². The van der Waals surface area contributed by atoms with Crippen molar-refractivity contribution in [3.05, 3.63) is 53.1 Å². The third-order valence-electron chi connectivity index (χ3n) is 3.09. The molecule has 1 amide bonds. The molecule has 0 bridgehead atoms. The van der Waals surface area contributed by atoms with Gasteiger partial charge in [0.2, 0.25) is 0 Å². The van der Waals surface area contributed by atoms with Crippen LogP contribution in [0, 0.1) is 0 Å². The number of hydrazone groups is 1. The molecule has 132 valence electrons. The molecule has 2 rings (SSSR count). The predicted octanol–water partition coefficient (Wildman–Crippen LogP) is 3.26. The molecule has 0 fully saturated rings. The maximum atomic E-state index is 12.0. The minimum atomic E-state index is -0.289. The molecule has 0 aromatic heterocycles. The second-order valence-corrected chi connectivity index (χ2v) is 5.79. The number of nitrogens with zero attached hydrogens (tertiary/aromatic N) is 2. The number of amides is 1. The molecule has 0 heterocycles. The summed E-state index contributed by atoms with van der Waals surface area (Å²) in [4.78, 5) is 12.0. The first-order valence-electron chi connectivity index (χ1n) is 7.55. The molecule has 7 heteroatoms. The van der Waals surface area contributed by atoms with Crippen LogP contribution in [0.5, 0.6) is 11.5 Å². The highest BCUT2D eigenvalue weighted by Crippen LogP contribution is 2.27. The van der Waals surface area contributed by atoms with Crippen molar-refractivity contribution in [3.8, 4) is 11.5 Å². The van der Waals surface area contributed by atoms with E-state index in [0.717, 1.165) is 5.56 Å². The fourth-order valence-corrected chi connectivity index (χ4v) is 2.16. The summed E-state index contributed by atoms with van der Waals surface area (Å²) in [5, 5.41) is 9.13. The first-order chi connectivity index (χ1) is 12.0. The molecule has 0 aliphatic rings. The molecular formula is C18H20ClN3O3. The van der Waals surface area contributed by atoms with E-state index in [4.69, 9.17) is 21.1 Å². The van der Waals surface area contributed by atoms with E-state index in [1.54, 1.807) is 54.7 Å². The number of carbonyl (C=O) groups excluding carboxylic acids is 1. The van der Waals surface area contributed by atoms with Gasteiger partial charge in [0.15, 0.2) is 18.1 Å². The summed E-state index contributed by atoms with van der Waals surface area (Å²) in [5.41, 5.74) is 1.48. The molecule has 0 aliphatic heterocycles. The number of hydrogen-bond donors (Lipinski definition) is 1. The standard InChI is InChI=1S/C18H20ClN3O3/c1-22(2)20-11-13-7-8-16(17(9-13)24-3)25-12-18(23)21-15-6-4-5-14(19)10-15/h4-11H,12H2,1-3H3,(H,21,23)/b20-11+. The van der Waals surface area contributed by atoms with Gasteiger partial charge < -0.3 is 19.8 Å². The first-order valence-corrected chi connectivity index (χ1v) is 7.93. The molecule has 0 atom stereocenters. The van der Waals surface area contributed by atoms with Crippen molar-refractivity contribution < 1.29 is 14.3 Å². The zero-order valence-corrected chi connectivity index (χ0v) is 15.1. The van der Waals surface area contributed by atoms with Gasteiger partial charge in [0, 0.05) is 24.8 Å². The number of nitrogens with one attached hydrogen (secondary N) is 1. The van der Waals surface area contributed by atoms with Crippen molar-refractivity contribution in [2.75, 3.05) is 33.1 Å². The van der Waals surface area contributed by atoms with E-state index in [1.807, 2.05) is 20.2 Å². The Kier molecular flexibility index (Phi) is 6.65. The number of anilines is 1. The molecule has 0 saturated heterocycles. The third-order valence-corrected chi connectivity index (χ3v) is 3.33. The quantitative estimate of drug-likeness (QED) is 0.607. The fraction of sp³-hybridized carbons (Fsp3) is 0.222. The summed E-state index contributed by atoms with van der Waals surface area (Å²) in [6.07, 6.45) is 1.71. The Balaban J connectivity index is 1.98. The lowest BCUT2D eigenvalue weighted by Gasteiger charge is -2.12. The molecule has 0 unspecified atom stereocenters. The summed E-state index contributed by atoms with van der Waals surface area (Å²) in [6, 6.07) is 12.3. The Hall–Kier alpha value is -2.73. The van der Waals surface area contributed by atoms with Crippen molar-refractivity contribution >= 4 is 29.4 Å². The van der Waals surface area contributed by atoms with Crippen LogP contribution in [0.25, 0.3) is 0 Å². The molecule has 0 saturated carbocycles. The van der Waals surface area contributed by atoms with E-state index in [9.17, 15) is 4.79 Å². The first kappa shape index (κ1) is 18.6. The number of rotatable bonds is 7. The van der Waals surface area contributed by atoms with Crippen LogP contribution in [0.4, 0.5) is 5.69 Å². The lowest BCUT2D eigenvalue weighted by molar-refractivity contribution is -0.118. The fourth-order valence-electron chi connectivity index (χ4n) is 1.97. The van der Waals surface area contributed by atoms with E-state index in [0.29, 0.717) is 22.2 Å². The average Bonchev–Trinajstić information content (AvgIpc) is 2.58. The van der Waals surface area contributed by atoms with Gasteiger partial charge in [-0.05, 0) is 42.0 Å². The SMILES string of the molecule is COc1cc(/C=N/N(C)C)ccc1OCC(=O)Nc1cccc(Cl)c1. The van der Waals surface area contributed by atoms with E-state index in [2.05, 4.69) is 10.4 Å². The van der Waals surface area contributed by atoms with E-state index in [-0.39, 0.29) is 12.5 Å². The highest BCUT2D eigenvalue weighted by atomic mass is 35.5. The third kappa shape index (κ3) is 6.00. The van der Waals surface area contributed by atoms with Gasteiger partial charge in [0.05, 0.1) is 13.3 Å². The van der Waals surface area contributed by atoms with Crippen molar-refractivity contribution in [1.82, 2.24) is 5.01 Å². The van der Waals surface area contributed by atoms with Crippen LogP contribution in [-0.2, 0) is 4.79 Å². The second kappa shape index (κ2) is 8.94. The normalized spacial score (nSPS) is 10.6. The molecule has 0 radical (unpaired) electrons. The van der Waals surface area contributed by atoms with Crippen molar-refractivity contribution in [2.45, 2.75) is 0 Å². The van der Waals surface area contributed by atoms with Crippen LogP contribution < -0.4 is 14.8 Å². The maximum Gasteiger partial charge on any atom is 0.262 e. The van der Waals surface area contributed by atoms with Crippen molar-refractivity contribution in [1.29, 1.82) is 0 Å². The van der Waals surface area contributed by atoms with Gasteiger partial charge in [0.1, 0.15) is 0 Å². The van der Waals surface area contributed by atoms with Crippen LogP contribution in [0.2, 0.25) is 5.02 Å². The molecule has 25 heavy (non-hydrogen) atoms. The Morgan fingerprint density at radius 1 is 1.24 bits per heavy atom. The summed E-state index contributed by atoms with van der Waals surface area (Å²) < 4.78 is 10.9. The number of halogens is 1. The topological polar surface area (TPSA) is 63.2 Å². The highest BCUT2D eigenvalue weighted by molar-refractivity contribution is 6.30. The van der Waals surface area contributed by atoms with Crippen LogP contribution in [-0.4, -0.2) is 44.9 Å². The highest BCUT2D eigenvalue weighted by Gasteiger charge is 2.09. The van der Waals surface area contributed by atoms with Gasteiger partial charge >= 0.3 is 0 Å². The lowest BCUT2D eigenvalue weighted by Crippen LogP contribution is -2.20. The van der Waals surface area contributed by atoms with Crippen LogP contribution >= 0.6 is 11.6 Å². The molecule has 6 nitrogen and oxygen atoms in total. The zero-order valence-electron chi connectivity index (χ0n) is 14.3. The predicted molar refractivity (Wildman–Crippen MR) is 99.9 cm³/mol. The molecule has 2 aromatic rings. The number of methoxy groups -OCH3 is 1. The van der Waals surface area contributed by atoms with Gasteiger partial charge in [-0.15, -0.1) is 0 Å². The maximum absolute atomic E-state index is 12.0. The Labute approximate surface area is 152 Å². The number of carbonyl (C=O) groups is 1. The number of benzene rings is 2. The van der Waals surface area contributed by atoms with Crippen molar-refractivity contribution in [3.63, 3.8) is 0 Å². The van der Waals surface area contributed by atoms with E-state index in [1.165, 1.54) is 0 Å². The Bertz CT molecular complexity index is 763. The van der Waals surface area contributed by atoms with E-state index >= 15 is 0 Å². The van der Waals surface area contributed by atoms with Crippen LogP contribution in [0.3, 0.4) is 0 Å². The van der Waals surface area contributed by atoms with Gasteiger partial charge in [-0.25, -0.2) is 0 Å². The van der Waals surface area contributed by atoms with Crippen molar-refractivity contribution in [2.24, 2.45) is 5.10 Å². The summed E-state index contributed by atoms with van der Waals surface area (Å²) in [6.45, 7) is -0.145. The van der Waals surface area contributed by atoms with Gasteiger partial charge in [-0.3, -0.25) is 4.79 Å². The summed E-state index contributed by atoms with van der Waals surface area (Å²) >= 11 is 5.89. The lowest BCUT2D eigenvalue weighted by atomic mass is 10.2. The average molecular weight is 362 g/mol. The molecule has 0 aliphatic carbocycles. The smallest absolute Gasteiger partial charge is 0.262 e. The van der Waals surface area contributed by atoms with Gasteiger partial charge in [0.25, 0.3) is 5.91 Å².